The summed E-state index contributed by atoms with van der Waals surface area (Å²) < 4.78 is 7.35. The van der Waals surface area contributed by atoms with Gasteiger partial charge in [0.15, 0.2) is 0 Å². The molecule has 1 atom stereocenters. The molecule has 0 saturated carbocycles. The van der Waals surface area contributed by atoms with Gasteiger partial charge in [0.1, 0.15) is 5.60 Å². The van der Waals surface area contributed by atoms with Gasteiger partial charge in [-0.25, -0.2) is 0 Å². The summed E-state index contributed by atoms with van der Waals surface area (Å²) in [4.78, 5) is 14.0. The summed E-state index contributed by atoms with van der Waals surface area (Å²) in [5.74, 6) is 0.0869. The van der Waals surface area contributed by atoms with Crippen LogP contribution in [0.3, 0.4) is 0 Å². The minimum atomic E-state index is -0.607. The van der Waals surface area contributed by atoms with Crippen LogP contribution in [0.2, 0.25) is 0 Å². The Morgan fingerprint density at radius 1 is 1.67 bits per heavy atom. The second-order valence-electron chi connectivity index (χ2n) is 5.18. The first-order valence-electron chi connectivity index (χ1n) is 6.38. The first-order valence-corrected chi connectivity index (χ1v) is 6.38. The van der Waals surface area contributed by atoms with E-state index in [1.807, 2.05) is 33.4 Å². The molecule has 1 aliphatic heterocycles. The predicted octanol–water partition coefficient (Wildman–Crippen LogP) is 0.990. The predicted molar refractivity (Wildman–Crippen MR) is 68.1 cm³/mol. The Kier molecular flexibility index (Phi) is 3.71. The molecule has 5 nitrogen and oxygen atoms in total. The van der Waals surface area contributed by atoms with Crippen LogP contribution in [0.15, 0.2) is 12.4 Å². The van der Waals surface area contributed by atoms with Crippen LogP contribution in [-0.2, 0) is 23.0 Å². The van der Waals surface area contributed by atoms with Gasteiger partial charge in [-0.1, -0.05) is 0 Å². The fraction of sp³-hybridized carbons (Fsp3) is 0.692. The van der Waals surface area contributed by atoms with Gasteiger partial charge in [0.25, 0.3) is 5.91 Å². The van der Waals surface area contributed by atoms with E-state index in [2.05, 4.69) is 5.10 Å². The third-order valence-corrected chi connectivity index (χ3v) is 3.51. The van der Waals surface area contributed by atoms with Crippen molar-refractivity contribution in [3.05, 3.63) is 18.0 Å². The van der Waals surface area contributed by atoms with Gasteiger partial charge in [0, 0.05) is 33.4 Å². The molecule has 18 heavy (non-hydrogen) atoms. The van der Waals surface area contributed by atoms with Gasteiger partial charge in [-0.2, -0.15) is 5.10 Å². The zero-order valence-electron chi connectivity index (χ0n) is 11.3. The van der Waals surface area contributed by atoms with Gasteiger partial charge in [-0.3, -0.25) is 9.48 Å². The molecule has 1 saturated heterocycles. The van der Waals surface area contributed by atoms with Gasteiger partial charge in [-0.15, -0.1) is 0 Å². The molecule has 1 amide bonds. The van der Waals surface area contributed by atoms with Crippen molar-refractivity contribution in [1.29, 1.82) is 0 Å². The Hall–Kier alpha value is -1.36. The summed E-state index contributed by atoms with van der Waals surface area (Å²) in [6.07, 6.45) is 6.44. The van der Waals surface area contributed by atoms with E-state index in [4.69, 9.17) is 4.74 Å². The van der Waals surface area contributed by atoms with Crippen molar-refractivity contribution in [2.75, 3.05) is 20.2 Å². The first-order chi connectivity index (χ1) is 8.51. The average molecular weight is 251 g/mol. The van der Waals surface area contributed by atoms with E-state index in [9.17, 15) is 4.79 Å². The molecule has 0 unspecified atom stereocenters. The smallest absolute Gasteiger partial charge is 0.254 e. The number of rotatable bonds is 4. The molecule has 1 fully saturated rings. The Morgan fingerprint density at radius 2 is 2.44 bits per heavy atom. The molecular formula is C13H21N3O2. The number of likely N-dealkylation sites (N-methyl/N-ethyl adjacent to an activating group) is 1. The van der Waals surface area contributed by atoms with E-state index in [0.29, 0.717) is 13.2 Å². The number of aryl methyl sites for hydroxylation is 1. The monoisotopic (exact) mass is 251 g/mol. The van der Waals surface area contributed by atoms with Crippen molar-refractivity contribution in [3.8, 4) is 0 Å². The Balaban J connectivity index is 1.87. The topological polar surface area (TPSA) is 47.4 Å². The molecule has 0 aromatic carbocycles. The molecule has 0 bridgehead atoms. The molecular weight excluding hydrogens is 230 g/mol. The summed E-state index contributed by atoms with van der Waals surface area (Å²) in [5, 5.41) is 4.12. The lowest BCUT2D eigenvalue weighted by Gasteiger charge is -2.28. The molecule has 0 aliphatic carbocycles. The van der Waals surface area contributed by atoms with Crippen molar-refractivity contribution >= 4 is 5.91 Å². The van der Waals surface area contributed by atoms with Crippen LogP contribution in [0.4, 0.5) is 0 Å². The lowest BCUT2D eigenvalue weighted by atomic mass is 10.0. The summed E-state index contributed by atoms with van der Waals surface area (Å²) in [6, 6.07) is 0. The molecule has 100 valence electrons. The number of hydrogen-bond acceptors (Lipinski definition) is 3. The highest BCUT2D eigenvalue weighted by molar-refractivity contribution is 5.84. The summed E-state index contributed by atoms with van der Waals surface area (Å²) in [5.41, 5.74) is 0.540. The quantitative estimate of drug-likeness (QED) is 0.801. The highest BCUT2D eigenvalue weighted by atomic mass is 16.5. The number of carbonyl (C=O) groups excluding carboxylic acids is 1. The average Bonchev–Trinajstić information content (AvgIpc) is 2.95. The number of ether oxygens (including phenoxy) is 1. The highest BCUT2D eigenvalue weighted by Gasteiger charge is 2.39. The standard InChI is InChI=1S/C13H21N3O2/c1-13(6-4-8-18-13)12(17)15(2)7-5-11-9-14-16(3)10-11/h9-10H,4-8H2,1-3H3/t13-/m0/s1. The highest BCUT2D eigenvalue weighted by Crippen LogP contribution is 2.26. The molecule has 0 radical (unpaired) electrons. The minimum absolute atomic E-state index is 0.0869. The summed E-state index contributed by atoms with van der Waals surface area (Å²) >= 11 is 0. The van der Waals surface area contributed by atoms with Crippen molar-refractivity contribution in [3.63, 3.8) is 0 Å². The zero-order chi connectivity index (χ0) is 13.2. The Bertz CT molecular complexity index is 422. The number of hydrogen-bond donors (Lipinski definition) is 0. The third-order valence-electron chi connectivity index (χ3n) is 3.51. The van der Waals surface area contributed by atoms with Crippen LogP contribution in [0.25, 0.3) is 0 Å². The minimum Gasteiger partial charge on any atom is -0.365 e. The van der Waals surface area contributed by atoms with Crippen LogP contribution in [-0.4, -0.2) is 46.4 Å². The lowest BCUT2D eigenvalue weighted by molar-refractivity contribution is -0.149. The molecule has 1 aromatic heterocycles. The lowest BCUT2D eigenvalue weighted by Crippen LogP contribution is -2.45. The summed E-state index contributed by atoms with van der Waals surface area (Å²) in [6.45, 7) is 3.28. The van der Waals surface area contributed by atoms with Crippen molar-refractivity contribution in [1.82, 2.24) is 14.7 Å². The Morgan fingerprint density at radius 3 is 3.00 bits per heavy atom. The number of amides is 1. The zero-order valence-corrected chi connectivity index (χ0v) is 11.3. The molecule has 0 spiro atoms. The second kappa shape index (κ2) is 5.10. The number of nitrogens with zero attached hydrogens (tertiary/aromatic N) is 3. The van der Waals surface area contributed by atoms with E-state index >= 15 is 0 Å². The molecule has 5 heteroatoms. The van der Waals surface area contributed by atoms with Gasteiger partial charge < -0.3 is 9.64 Å². The maximum atomic E-state index is 12.3. The fourth-order valence-corrected chi connectivity index (χ4v) is 2.35. The van der Waals surface area contributed by atoms with Crippen LogP contribution in [0.1, 0.15) is 25.3 Å². The van der Waals surface area contributed by atoms with Gasteiger partial charge >= 0.3 is 0 Å². The SMILES string of the molecule is CN(CCc1cnn(C)c1)C(=O)[C@]1(C)CCCO1. The third kappa shape index (κ3) is 2.72. The first kappa shape index (κ1) is 13.1. The van der Waals surface area contributed by atoms with Crippen LogP contribution in [0, 0.1) is 0 Å². The van der Waals surface area contributed by atoms with Crippen molar-refractivity contribution < 1.29 is 9.53 Å². The van der Waals surface area contributed by atoms with E-state index in [1.165, 1.54) is 0 Å². The van der Waals surface area contributed by atoms with Gasteiger partial charge in [0.05, 0.1) is 6.20 Å². The van der Waals surface area contributed by atoms with Crippen LogP contribution >= 0.6 is 0 Å². The van der Waals surface area contributed by atoms with Crippen LogP contribution in [0.5, 0.6) is 0 Å². The van der Waals surface area contributed by atoms with Crippen molar-refractivity contribution in [2.24, 2.45) is 7.05 Å². The Labute approximate surface area is 108 Å². The molecule has 2 heterocycles. The summed E-state index contributed by atoms with van der Waals surface area (Å²) in [7, 11) is 3.73. The van der Waals surface area contributed by atoms with E-state index < -0.39 is 5.60 Å². The molecule has 1 aromatic rings. The largest absolute Gasteiger partial charge is 0.365 e. The molecule has 2 rings (SSSR count). The van der Waals surface area contributed by atoms with Crippen LogP contribution < -0.4 is 0 Å². The molecule has 1 aliphatic rings. The fourth-order valence-electron chi connectivity index (χ4n) is 2.35. The maximum Gasteiger partial charge on any atom is 0.254 e. The van der Waals surface area contributed by atoms with Gasteiger partial charge in [-0.05, 0) is 31.7 Å². The number of aromatic nitrogens is 2. The van der Waals surface area contributed by atoms with E-state index in [0.717, 1.165) is 24.8 Å². The normalized spacial score (nSPS) is 23.3. The second-order valence-corrected chi connectivity index (χ2v) is 5.18. The number of carbonyl (C=O) groups is 1. The van der Waals surface area contributed by atoms with Gasteiger partial charge in [0.2, 0.25) is 0 Å². The van der Waals surface area contributed by atoms with E-state index in [-0.39, 0.29) is 5.91 Å². The van der Waals surface area contributed by atoms with E-state index in [1.54, 1.807) is 9.58 Å². The maximum absolute atomic E-state index is 12.3. The van der Waals surface area contributed by atoms with Crippen molar-refractivity contribution in [2.45, 2.75) is 31.8 Å². The molecule has 0 N–H and O–H groups in total.